The Labute approximate surface area is 191 Å². The molecule has 2 saturated heterocycles. The number of likely N-dealkylation sites (tertiary alicyclic amines) is 1. The van der Waals surface area contributed by atoms with Gasteiger partial charge in [0.1, 0.15) is 11.5 Å². The first-order valence-electron chi connectivity index (χ1n) is 12.2. The van der Waals surface area contributed by atoms with Crippen LogP contribution in [0.15, 0.2) is 18.2 Å². The van der Waals surface area contributed by atoms with E-state index in [1.807, 2.05) is 4.90 Å². The van der Waals surface area contributed by atoms with Crippen LogP contribution in [0.5, 0.6) is 11.5 Å². The van der Waals surface area contributed by atoms with Crippen LogP contribution in [-0.2, 0) is 4.79 Å². The molecule has 0 radical (unpaired) electrons. The van der Waals surface area contributed by atoms with E-state index in [-0.39, 0.29) is 11.9 Å². The fourth-order valence-corrected chi connectivity index (χ4v) is 5.55. The van der Waals surface area contributed by atoms with Gasteiger partial charge in [0.25, 0.3) is 5.91 Å². The van der Waals surface area contributed by atoms with Gasteiger partial charge in [0.05, 0.1) is 20.3 Å². The number of rotatable bonds is 6. The summed E-state index contributed by atoms with van der Waals surface area (Å²) in [6.45, 7) is 4.56. The van der Waals surface area contributed by atoms with Gasteiger partial charge in [-0.1, -0.05) is 12.8 Å². The van der Waals surface area contributed by atoms with E-state index < -0.39 is 0 Å². The number of carbonyl (C=O) groups excluding carboxylic acids is 2. The van der Waals surface area contributed by atoms with E-state index in [2.05, 4.69) is 9.80 Å². The van der Waals surface area contributed by atoms with Crippen LogP contribution in [-0.4, -0.2) is 86.0 Å². The summed E-state index contributed by atoms with van der Waals surface area (Å²) in [6, 6.07) is 5.27. The average molecular weight is 444 g/mol. The van der Waals surface area contributed by atoms with Crippen molar-refractivity contribution in [3.8, 4) is 11.5 Å². The zero-order valence-corrected chi connectivity index (χ0v) is 19.6. The number of carbonyl (C=O) groups is 2. The molecule has 7 heteroatoms. The largest absolute Gasteiger partial charge is 0.497 e. The molecule has 2 heterocycles. The third kappa shape index (κ3) is 5.03. The van der Waals surface area contributed by atoms with Crippen LogP contribution in [0.3, 0.4) is 0 Å². The molecule has 1 aromatic rings. The molecule has 32 heavy (non-hydrogen) atoms. The second-order valence-electron chi connectivity index (χ2n) is 9.30. The van der Waals surface area contributed by atoms with Crippen LogP contribution in [0.1, 0.15) is 55.3 Å². The van der Waals surface area contributed by atoms with Crippen LogP contribution >= 0.6 is 0 Å². The fourth-order valence-electron chi connectivity index (χ4n) is 5.55. The number of piperazine rings is 1. The van der Waals surface area contributed by atoms with Crippen molar-refractivity contribution in [1.82, 2.24) is 14.7 Å². The lowest BCUT2D eigenvalue weighted by Gasteiger charge is -2.43. The Hall–Kier alpha value is -2.28. The van der Waals surface area contributed by atoms with Crippen molar-refractivity contribution in [2.75, 3.05) is 53.5 Å². The molecule has 1 saturated carbocycles. The normalized spacial score (nSPS) is 21.4. The van der Waals surface area contributed by atoms with Gasteiger partial charge in [0.15, 0.2) is 0 Å². The van der Waals surface area contributed by atoms with Gasteiger partial charge < -0.3 is 19.3 Å². The van der Waals surface area contributed by atoms with E-state index in [4.69, 9.17) is 9.47 Å². The number of benzene rings is 1. The number of ether oxygens (including phenoxy) is 2. The molecule has 1 aromatic carbocycles. The second kappa shape index (κ2) is 10.6. The Balaban J connectivity index is 1.43. The summed E-state index contributed by atoms with van der Waals surface area (Å²) in [5.74, 6) is 1.99. The average Bonchev–Trinajstić information content (AvgIpc) is 3.38. The summed E-state index contributed by atoms with van der Waals surface area (Å²) in [5.41, 5.74) is 0.575. The molecule has 4 rings (SSSR count). The Morgan fingerprint density at radius 2 is 1.38 bits per heavy atom. The summed E-state index contributed by atoms with van der Waals surface area (Å²) in [4.78, 5) is 33.1. The van der Waals surface area contributed by atoms with Crippen LogP contribution in [0.4, 0.5) is 0 Å². The molecule has 0 spiro atoms. The van der Waals surface area contributed by atoms with Gasteiger partial charge in [-0.3, -0.25) is 14.5 Å². The summed E-state index contributed by atoms with van der Waals surface area (Å²) < 4.78 is 10.6. The minimum absolute atomic E-state index is 0.0124. The molecule has 3 fully saturated rings. The molecule has 0 aromatic heterocycles. The van der Waals surface area contributed by atoms with E-state index in [0.29, 0.717) is 42.0 Å². The van der Waals surface area contributed by atoms with Gasteiger partial charge in [-0.15, -0.1) is 0 Å². The van der Waals surface area contributed by atoms with Crippen molar-refractivity contribution in [2.24, 2.45) is 5.92 Å². The molecule has 176 valence electrons. The molecular weight excluding hydrogens is 406 g/mol. The van der Waals surface area contributed by atoms with E-state index >= 15 is 0 Å². The number of nitrogens with zero attached hydrogens (tertiary/aromatic N) is 3. The summed E-state index contributed by atoms with van der Waals surface area (Å²) in [6.07, 6.45) is 8.22. The number of hydrogen-bond acceptors (Lipinski definition) is 5. The predicted octanol–water partition coefficient (Wildman–Crippen LogP) is 3.03. The van der Waals surface area contributed by atoms with E-state index in [1.165, 1.54) is 19.3 Å². The first-order valence-corrected chi connectivity index (χ1v) is 12.2. The highest BCUT2D eigenvalue weighted by molar-refractivity contribution is 5.95. The maximum Gasteiger partial charge on any atom is 0.254 e. The van der Waals surface area contributed by atoms with Crippen molar-refractivity contribution in [1.29, 1.82) is 0 Å². The quantitative estimate of drug-likeness (QED) is 0.676. The lowest BCUT2D eigenvalue weighted by atomic mass is 9.93. The first kappa shape index (κ1) is 22.9. The highest BCUT2D eigenvalue weighted by Crippen LogP contribution is 2.33. The summed E-state index contributed by atoms with van der Waals surface area (Å²) in [5, 5.41) is 0. The molecule has 0 N–H and O–H groups in total. The molecular formula is C25H37N3O4. The smallest absolute Gasteiger partial charge is 0.254 e. The van der Waals surface area contributed by atoms with E-state index in [1.54, 1.807) is 32.4 Å². The Morgan fingerprint density at radius 3 is 1.94 bits per heavy atom. The lowest BCUT2D eigenvalue weighted by molar-refractivity contribution is -0.140. The Kier molecular flexibility index (Phi) is 7.55. The fraction of sp³-hybridized carbons (Fsp3) is 0.680. The highest BCUT2D eigenvalue weighted by atomic mass is 16.5. The predicted molar refractivity (Wildman–Crippen MR) is 123 cm³/mol. The van der Waals surface area contributed by atoms with Crippen molar-refractivity contribution < 1.29 is 19.1 Å². The standard InChI is InChI=1S/C25H37N3O4/c1-31-21-16-20(17-22(18-21)32-2)24(29)28-14-12-26(13-15-28)23(19-8-4-5-9-19)25(30)27-10-6-3-7-11-27/h16-19,23H,3-15H2,1-2H3/t23-/m1/s1. The highest BCUT2D eigenvalue weighted by Gasteiger charge is 2.39. The Bertz CT molecular complexity index is 772. The second-order valence-corrected chi connectivity index (χ2v) is 9.30. The van der Waals surface area contributed by atoms with Crippen LogP contribution in [0.2, 0.25) is 0 Å². The number of piperidine rings is 1. The monoisotopic (exact) mass is 443 g/mol. The first-order chi connectivity index (χ1) is 15.6. The van der Waals surface area contributed by atoms with Crippen LogP contribution in [0.25, 0.3) is 0 Å². The van der Waals surface area contributed by atoms with Gasteiger partial charge >= 0.3 is 0 Å². The van der Waals surface area contributed by atoms with Gasteiger partial charge in [-0.05, 0) is 50.2 Å². The van der Waals surface area contributed by atoms with Gasteiger partial charge in [0, 0.05) is 50.9 Å². The Morgan fingerprint density at radius 1 is 0.781 bits per heavy atom. The molecule has 0 bridgehead atoms. The molecule has 2 aliphatic heterocycles. The zero-order valence-electron chi connectivity index (χ0n) is 19.6. The van der Waals surface area contributed by atoms with Crippen molar-refractivity contribution >= 4 is 11.8 Å². The maximum absolute atomic E-state index is 13.5. The van der Waals surface area contributed by atoms with E-state index in [9.17, 15) is 9.59 Å². The molecule has 1 aliphatic carbocycles. The number of amides is 2. The third-order valence-corrected chi connectivity index (χ3v) is 7.36. The van der Waals surface area contributed by atoms with Gasteiger partial charge in [-0.25, -0.2) is 0 Å². The minimum Gasteiger partial charge on any atom is -0.497 e. The van der Waals surface area contributed by atoms with Gasteiger partial charge in [0.2, 0.25) is 5.91 Å². The van der Waals surface area contributed by atoms with Gasteiger partial charge in [-0.2, -0.15) is 0 Å². The molecule has 3 aliphatic rings. The molecule has 2 amide bonds. The summed E-state index contributed by atoms with van der Waals surface area (Å²) in [7, 11) is 3.18. The third-order valence-electron chi connectivity index (χ3n) is 7.36. The minimum atomic E-state index is -0.0234. The molecule has 7 nitrogen and oxygen atoms in total. The lowest BCUT2D eigenvalue weighted by Crippen LogP contribution is -2.59. The number of hydrogen-bond donors (Lipinski definition) is 0. The zero-order chi connectivity index (χ0) is 22.5. The summed E-state index contributed by atoms with van der Waals surface area (Å²) >= 11 is 0. The van der Waals surface area contributed by atoms with Crippen LogP contribution in [0, 0.1) is 5.92 Å². The number of methoxy groups -OCH3 is 2. The van der Waals surface area contributed by atoms with Crippen molar-refractivity contribution in [3.05, 3.63) is 23.8 Å². The van der Waals surface area contributed by atoms with Crippen molar-refractivity contribution in [3.63, 3.8) is 0 Å². The van der Waals surface area contributed by atoms with Crippen LogP contribution < -0.4 is 9.47 Å². The molecule has 0 unspecified atom stereocenters. The topological polar surface area (TPSA) is 62.3 Å². The molecule has 1 atom stereocenters. The SMILES string of the molecule is COc1cc(OC)cc(C(=O)N2CCN([C@@H](C(=O)N3CCCCC3)C3CCCC3)CC2)c1. The van der Waals surface area contributed by atoms with E-state index in [0.717, 1.165) is 51.9 Å². The maximum atomic E-state index is 13.5. The van der Waals surface area contributed by atoms with Crippen molar-refractivity contribution in [2.45, 2.75) is 51.0 Å².